The lowest BCUT2D eigenvalue weighted by atomic mass is 9.84. The van der Waals surface area contributed by atoms with Crippen molar-refractivity contribution in [1.82, 2.24) is 15.2 Å². The van der Waals surface area contributed by atoms with Crippen LogP contribution in [0.3, 0.4) is 0 Å². The molecule has 1 unspecified atom stereocenters. The molecule has 0 spiro atoms. The van der Waals surface area contributed by atoms with Crippen molar-refractivity contribution in [3.8, 4) is 11.5 Å². The van der Waals surface area contributed by atoms with Gasteiger partial charge in [-0.25, -0.2) is 4.98 Å². The second kappa shape index (κ2) is 9.66. The first-order valence-corrected chi connectivity index (χ1v) is 11.0. The van der Waals surface area contributed by atoms with E-state index in [1.165, 1.54) is 5.56 Å². The SMILES string of the molecule is CN=C(NCC(C)(C)c1ccc2c(c1)OCCO2)N(C)Cc1csc(C(C)OC)n1. The molecule has 1 aromatic carbocycles. The van der Waals surface area contributed by atoms with Crippen molar-refractivity contribution in [3.63, 3.8) is 0 Å². The maximum atomic E-state index is 5.75. The van der Waals surface area contributed by atoms with Gasteiger partial charge in [-0.15, -0.1) is 11.3 Å². The highest BCUT2D eigenvalue weighted by Gasteiger charge is 2.24. The fraction of sp³-hybridized carbons (Fsp3) is 0.545. The summed E-state index contributed by atoms with van der Waals surface area (Å²) in [5.74, 6) is 2.46. The molecule has 30 heavy (non-hydrogen) atoms. The molecular weight excluding hydrogens is 400 g/mol. The standard InChI is InChI=1S/C22H32N4O3S/c1-15(27-6)20-25-17(13-30-20)12-26(5)21(23-4)24-14-22(2,3)16-7-8-18-19(11-16)29-10-9-28-18/h7-8,11,13,15H,9-10,12,14H2,1-6H3,(H,23,24). The van der Waals surface area contributed by atoms with Crippen LogP contribution in [0.25, 0.3) is 0 Å². The average molecular weight is 433 g/mol. The van der Waals surface area contributed by atoms with Crippen molar-refractivity contribution in [1.29, 1.82) is 0 Å². The Bertz CT molecular complexity index is 881. The van der Waals surface area contributed by atoms with Gasteiger partial charge in [-0.1, -0.05) is 19.9 Å². The normalized spacial score (nSPS) is 15.1. The van der Waals surface area contributed by atoms with Crippen LogP contribution in [0.1, 0.15) is 43.1 Å². The number of nitrogens with zero attached hydrogens (tertiary/aromatic N) is 3. The molecule has 0 amide bonds. The van der Waals surface area contributed by atoms with Crippen LogP contribution < -0.4 is 14.8 Å². The Hall–Kier alpha value is -2.32. The van der Waals surface area contributed by atoms with Crippen LogP contribution in [0.5, 0.6) is 11.5 Å². The van der Waals surface area contributed by atoms with E-state index < -0.39 is 0 Å². The van der Waals surface area contributed by atoms with Gasteiger partial charge >= 0.3 is 0 Å². The van der Waals surface area contributed by atoms with Gasteiger partial charge < -0.3 is 24.4 Å². The highest BCUT2D eigenvalue weighted by molar-refractivity contribution is 7.09. The molecule has 3 rings (SSSR count). The largest absolute Gasteiger partial charge is 0.486 e. The highest BCUT2D eigenvalue weighted by Crippen LogP contribution is 2.35. The molecule has 0 radical (unpaired) electrons. The minimum absolute atomic E-state index is 0.0123. The van der Waals surface area contributed by atoms with E-state index in [4.69, 9.17) is 14.2 Å². The molecule has 0 aliphatic carbocycles. The molecule has 8 heteroatoms. The van der Waals surface area contributed by atoms with Crippen LogP contribution in [0.2, 0.25) is 0 Å². The number of thiazole rings is 1. The lowest BCUT2D eigenvalue weighted by Crippen LogP contribution is -2.44. The summed E-state index contributed by atoms with van der Waals surface area (Å²) in [4.78, 5) is 11.2. The molecule has 2 heterocycles. The molecule has 1 aliphatic heterocycles. The number of hydrogen-bond acceptors (Lipinski definition) is 6. The third-order valence-electron chi connectivity index (χ3n) is 5.26. The molecule has 164 valence electrons. The van der Waals surface area contributed by atoms with Crippen molar-refractivity contribution < 1.29 is 14.2 Å². The van der Waals surface area contributed by atoms with E-state index in [2.05, 4.69) is 51.6 Å². The Morgan fingerprint density at radius 2 is 2.07 bits per heavy atom. The number of guanidine groups is 1. The summed E-state index contributed by atoms with van der Waals surface area (Å²) >= 11 is 1.62. The summed E-state index contributed by atoms with van der Waals surface area (Å²) in [5.41, 5.74) is 2.08. The maximum absolute atomic E-state index is 5.75. The summed E-state index contributed by atoms with van der Waals surface area (Å²) in [6, 6.07) is 6.18. The number of aliphatic imine (C=N–C) groups is 1. The average Bonchev–Trinajstić information content (AvgIpc) is 3.21. The quantitative estimate of drug-likeness (QED) is 0.533. The van der Waals surface area contributed by atoms with Crippen molar-refractivity contribution in [2.45, 2.75) is 38.8 Å². The van der Waals surface area contributed by atoms with Crippen LogP contribution in [0, 0.1) is 0 Å². The molecule has 1 aliphatic rings. The van der Waals surface area contributed by atoms with Crippen LogP contribution in [0.15, 0.2) is 28.6 Å². The first-order valence-electron chi connectivity index (χ1n) is 10.1. The Morgan fingerprint density at radius 1 is 1.33 bits per heavy atom. The smallest absolute Gasteiger partial charge is 0.193 e. The molecule has 0 saturated heterocycles. The fourth-order valence-electron chi connectivity index (χ4n) is 3.25. The number of benzene rings is 1. The lowest BCUT2D eigenvalue weighted by molar-refractivity contribution is 0.119. The van der Waals surface area contributed by atoms with E-state index in [1.54, 1.807) is 25.5 Å². The van der Waals surface area contributed by atoms with Gasteiger partial charge in [-0.05, 0) is 24.6 Å². The Labute approximate surface area is 183 Å². The molecule has 7 nitrogen and oxygen atoms in total. The van der Waals surface area contributed by atoms with E-state index >= 15 is 0 Å². The Kier molecular flexibility index (Phi) is 7.20. The summed E-state index contributed by atoms with van der Waals surface area (Å²) in [7, 11) is 5.52. The minimum Gasteiger partial charge on any atom is -0.486 e. The predicted octanol–water partition coefficient (Wildman–Crippen LogP) is 3.61. The summed E-state index contributed by atoms with van der Waals surface area (Å²) in [6.07, 6.45) is 0.0123. The first kappa shape index (κ1) is 22.4. The van der Waals surface area contributed by atoms with Gasteiger partial charge in [-0.2, -0.15) is 0 Å². The van der Waals surface area contributed by atoms with Crippen LogP contribution in [-0.4, -0.2) is 56.8 Å². The van der Waals surface area contributed by atoms with Crippen LogP contribution >= 0.6 is 11.3 Å². The number of nitrogens with one attached hydrogen (secondary N) is 1. The zero-order valence-corrected chi connectivity index (χ0v) is 19.5. The number of aromatic nitrogens is 1. The van der Waals surface area contributed by atoms with Crippen LogP contribution in [-0.2, 0) is 16.7 Å². The lowest BCUT2D eigenvalue weighted by Gasteiger charge is -2.30. The molecular formula is C22H32N4O3S. The van der Waals surface area contributed by atoms with Gasteiger partial charge in [0.25, 0.3) is 0 Å². The van der Waals surface area contributed by atoms with Gasteiger partial charge in [0, 0.05) is 38.5 Å². The Morgan fingerprint density at radius 3 is 2.77 bits per heavy atom. The van der Waals surface area contributed by atoms with Gasteiger partial charge in [-0.3, -0.25) is 4.99 Å². The van der Waals surface area contributed by atoms with Gasteiger partial charge in [0.05, 0.1) is 12.2 Å². The van der Waals surface area contributed by atoms with E-state index in [9.17, 15) is 0 Å². The zero-order chi connectivity index (χ0) is 21.7. The van der Waals surface area contributed by atoms with Gasteiger partial charge in [0.2, 0.25) is 0 Å². The number of fused-ring (bicyclic) bond motifs is 1. The van der Waals surface area contributed by atoms with Gasteiger partial charge in [0.15, 0.2) is 17.5 Å². The second-order valence-corrected chi connectivity index (χ2v) is 8.94. The van der Waals surface area contributed by atoms with Crippen molar-refractivity contribution >= 4 is 17.3 Å². The molecule has 1 aromatic heterocycles. The third-order valence-corrected chi connectivity index (χ3v) is 6.31. The van der Waals surface area contributed by atoms with E-state index in [1.807, 2.05) is 20.0 Å². The molecule has 1 N–H and O–H groups in total. The number of ether oxygens (including phenoxy) is 3. The fourth-order valence-corrected chi connectivity index (χ4v) is 4.09. The molecule has 0 fully saturated rings. The minimum atomic E-state index is -0.117. The van der Waals surface area contributed by atoms with Crippen LogP contribution in [0.4, 0.5) is 0 Å². The number of hydrogen-bond donors (Lipinski definition) is 1. The van der Waals surface area contributed by atoms with E-state index in [0.29, 0.717) is 19.8 Å². The van der Waals surface area contributed by atoms with Crippen molar-refractivity contribution in [2.75, 3.05) is 41.0 Å². The number of methoxy groups -OCH3 is 1. The zero-order valence-electron chi connectivity index (χ0n) is 18.7. The van der Waals surface area contributed by atoms with Crippen molar-refractivity contribution in [2.24, 2.45) is 4.99 Å². The summed E-state index contributed by atoms with van der Waals surface area (Å²) in [5, 5.41) is 6.57. The topological polar surface area (TPSA) is 68.2 Å². The predicted molar refractivity (Wildman–Crippen MR) is 121 cm³/mol. The van der Waals surface area contributed by atoms with Gasteiger partial charge in [0.1, 0.15) is 24.3 Å². The first-order chi connectivity index (χ1) is 14.3. The maximum Gasteiger partial charge on any atom is 0.193 e. The second-order valence-electron chi connectivity index (χ2n) is 8.05. The summed E-state index contributed by atoms with van der Waals surface area (Å²) in [6.45, 7) is 9.02. The molecule has 1 atom stereocenters. The molecule has 0 bridgehead atoms. The molecule has 0 saturated carbocycles. The summed E-state index contributed by atoms with van der Waals surface area (Å²) < 4.78 is 16.7. The monoisotopic (exact) mass is 432 g/mol. The molecule has 2 aromatic rings. The third kappa shape index (κ3) is 5.23. The van der Waals surface area contributed by atoms with Crippen molar-refractivity contribution in [3.05, 3.63) is 39.8 Å². The van der Waals surface area contributed by atoms with E-state index in [0.717, 1.165) is 34.7 Å². The Balaban J connectivity index is 1.61. The highest BCUT2D eigenvalue weighted by atomic mass is 32.1. The number of rotatable bonds is 7. The van der Waals surface area contributed by atoms with E-state index in [-0.39, 0.29) is 11.5 Å².